The lowest BCUT2D eigenvalue weighted by Crippen LogP contribution is -2.31. The van der Waals surface area contributed by atoms with Crippen LogP contribution in [0.1, 0.15) is 22.5 Å². The van der Waals surface area contributed by atoms with E-state index < -0.39 is 0 Å². The van der Waals surface area contributed by atoms with Gasteiger partial charge in [0, 0.05) is 22.2 Å². The number of hydrogen-bond acceptors (Lipinski definition) is 4. The predicted molar refractivity (Wildman–Crippen MR) is 62.7 cm³/mol. The van der Waals surface area contributed by atoms with E-state index in [-0.39, 0.29) is 17.9 Å². The lowest BCUT2D eigenvalue weighted by atomic mass is 10.1. The maximum absolute atomic E-state index is 11.6. The van der Waals surface area contributed by atoms with E-state index in [2.05, 4.69) is 17.9 Å². The maximum Gasteiger partial charge on any atom is 0.261 e. The van der Waals surface area contributed by atoms with Crippen LogP contribution in [0, 0.1) is 5.41 Å². The number of carbonyl (C=O) groups excluding carboxylic acids is 1. The molecule has 0 aliphatic heterocycles. The molecule has 1 fully saturated rings. The van der Waals surface area contributed by atoms with Crippen molar-refractivity contribution in [3.8, 4) is 0 Å². The molecule has 3 nitrogen and oxygen atoms in total. The van der Waals surface area contributed by atoms with E-state index in [1.807, 2.05) is 5.38 Å². The first-order valence-electron chi connectivity index (χ1n) is 4.82. The fraction of sp³-hybridized carbons (Fsp3) is 0.500. The van der Waals surface area contributed by atoms with Crippen molar-refractivity contribution in [1.82, 2.24) is 5.32 Å². The number of hydrogen-bond donors (Lipinski definition) is 3. The van der Waals surface area contributed by atoms with Crippen LogP contribution in [-0.2, 0) is 0 Å². The molecule has 82 valence electrons. The zero-order chi connectivity index (χ0) is 10.9. The van der Waals surface area contributed by atoms with Crippen LogP contribution in [-0.4, -0.2) is 24.2 Å². The molecule has 1 saturated carbocycles. The minimum absolute atomic E-state index is 0.0310. The zero-order valence-corrected chi connectivity index (χ0v) is 9.90. The van der Waals surface area contributed by atoms with Crippen molar-refractivity contribution in [2.45, 2.75) is 17.7 Å². The first-order valence-corrected chi connectivity index (χ1v) is 6.14. The second-order valence-electron chi connectivity index (χ2n) is 4.01. The van der Waals surface area contributed by atoms with Crippen molar-refractivity contribution in [1.29, 1.82) is 0 Å². The van der Waals surface area contributed by atoms with Gasteiger partial charge in [0.1, 0.15) is 0 Å². The van der Waals surface area contributed by atoms with E-state index in [9.17, 15) is 4.79 Å². The van der Waals surface area contributed by atoms with Gasteiger partial charge in [0.15, 0.2) is 0 Å². The quantitative estimate of drug-likeness (QED) is 0.703. The molecule has 2 N–H and O–H groups in total. The summed E-state index contributed by atoms with van der Waals surface area (Å²) in [6, 6.07) is 1.75. The number of aliphatic hydroxyl groups is 1. The van der Waals surface area contributed by atoms with Gasteiger partial charge in [0.2, 0.25) is 0 Å². The summed E-state index contributed by atoms with van der Waals surface area (Å²) in [7, 11) is 0. The summed E-state index contributed by atoms with van der Waals surface area (Å²) < 4.78 is 0. The fourth-order valence-electron chi connectivity index (χ4n) is 1.37. The van der Waals surface area contributed by atoms with Gasteiger partial charge >= 0.3 is 0 Å². The van der Waals surface area contributed by atoms with E-state index in [0.717, 1.165) is 17.7 Å². The van der Waals surface area contributed by atoms with Gasteiger partial charge in [-0.15, -0.1) is 24.0 Å². The molecule has 0 aromatic carbocycles. The Labute approximate surface area is 97.9 Å². The minimum Gasteiger partial charge on any atom is -0.396 e. The smallest absolute Gasteiger partial charge is 0.261 e. The lowest BCUT2D eigenvalue weighted by molar-refractivity contribution is 0.0939. The molecular weight excluding hydrogens is 230 g/mol. The van der Waals surface area contributed by atoms with Gasteiger partial charge in [0.25, 0.3) is 5.91 Å². The average molecular weight is 243 g/mol. The third-order valence-electron chi connectivity index (χ3n) is 2.73. The Hall–Kier alpha value is -0.520. The number of nitrogens with one attached hydrogen (secondary N) is 1. The maximum atomic E-state index is 11.6. The number of aliphatic hydroxyl groups excluding tert-OH is 1. The Balaban J connectivity index is 1.88. The number of carbonyl (C=O) groups is 1. The largest absolute Gasteiger partial charge is 0.396 e. The van der Waals surface area contributed by atoms with Gasteiger partial charge < -0.3 is 10.4 Å². The number of amides is 1. The van der Waals surface area contributed by atoms with Crippen molar-refractivity contribution >= 4 is 29.9 Å². The topological polar surface area (TPSA) is 49.3 Å². The van der Waals surface area contributed by atoms with Crippen LogP contribution in [0.2, 0.25) is 0 Å². The van der Waals surface area contributed by atoms with Gasteiger partial charge in [-0.2, -0.15) is 0 Å². The normalized spacial score (nSPS) is 17.5. The lowest BCUT2D eigenvalue weighted by Gasteiger charge is -2.11. The summed E-state index contributed by atoms with van der Waals surface area (Å²) in [5, 5.41) is 13.8. The average Bonchev–Trinajstić information content (AvgIpc) is 2.90. The highest BCUT2D eigenvalue weighted by molar-refractivity contribution is 7.80. The molecule has 15 heavy (non-hydrogen) atoms. The van der Waals surface area contributed by atoms with Crippen LogP contribution >= 0.6 is 24.0 Å². The van der Waals surface area contributed by atoms with Gasteiger partial charge in [-0.1, -0.05) is 0 Å². The van der Waals surface area contributed by atoms with Crippen molar-refractivity contribution < 1.29 is 9.90 Å². The van der Waals surface area contributed by atoms with Gasteiger partial charge in [-0.05, 0) is 18.9 Å². The fourth-order valence-corrected chi connectivity index (χ4v) is 2.43. The Kier molecular flexibility index (Phi) is 3.04. The molecule has 0 spiro atoms. The highest BCUT2D eigenvalue weighted by Crippen LogP contribution is 2.44. The highest BCUT2D eigenvalue weighted by atomic mass is 32.1. The van der Waals surface area contributed by atoms with E-state index in [1.54, 1.807) is 6.07 Å². The molecule has 1 heterocycles. The summed E-state index contributed by atoms with van der Waals surface area (Å²) in [5.41, 5.74) is -0.0310. The van der Waals surface area contributed by atoms with Crippen molar-refractivity contribution in [2.75, 3.05) is 13.2 Å². The monoisotopic (exact) mass is 243 g/mol. The standard InChI is InChI=1S/C10H13NO2S2/c12-6-10(1-2-10)5-11-9(13)8-3-7(14)4-15-8/h3-4,12,14H,1-2,5-6H2,(H,11,13). The van der Waals surface area contributed by atoms with Crippen LogP contribution in [0.25, 0.3) is 0 Å². The molecule has 0 unspecified atom stereocenters. The van der Waals surface area contributed by atoms with E-state index >= 15 is 0 Å². The number of rotatable bonds is 4. The Morgan fingerprint density at radius 2 is 2.40 bits per heavy atom. The van der Waals surface area contributed by atoms with Gasteiger partial charge in [-0.3, -0.25) is 4.79 Å². The van der Waals surface area contributed by atoms with Gasteiger partial charge in [0.05, 0.1) is 11.5 Å². The second kappa shape index (κ2) is 4.15. The van der Waals surface area contributed by atoms with E-state index in [1.165, 1.54) is 11.3 Å². The molecule has 0 radical (unpaired) electrons. The van der Waals surface area contributed by atoms with Crippen molar-refractivity contribution in [2.24, 2.45) is 5.41 Å². The number of thiol groups is 1. The Bertz CT molecular complexity index is 371. The third-order valence-corrected chi connectivity index (χ3v) is 4.09. The molecule has 0 saturated heterocycles. The van der Waals surface area contributed by atoms with Crippen molar-refractivity contribution in [3.05, 3.63) is 16.3 Å². The number of thiophene rings is 1. The Morgan fingerprint density at radius 1 is 1.67 bits per heavy atom. The van der Waals surface area contributed by atoms with Crippen LogP contribution in [0.4, 0.5) is 0 Å². The third kappa shape index (κ3) is 2.53. The van der Waals surface area contributed by atoms with Crippen molar-refractivity contribution in [3.63, 3.8) is 0 Å². The zero-order valence-electron chi connectivity index (χ0n) is 8.19. The summed E-state index contributed by atoms with van der Waals surface area (Å²) >= 11 is 5.53. The van der Waals surface area contributed by atoms with Crippen LogP contribution < -0.4 is 5.32 Å². The Morgan fingerprint density at radius 3 is 2.87 bits per heavy atom. The van der Waals surface area contributed by atoms with E-state index in [4.69, 9.17) is 5.11 Å². The van der Waals surface area contributed by atoms with E-state index in [0.29, 0.717) is 11.4 Å². The van der Waals surface area contributed by atoms with Crippen LogP contribution in [0.3, 0.4) is 0 Å². The highest BCUT2D eigenvalue weighted by Gasteiger charge is 2.42. The molecule has 1 aromatic rings. The van der Waals surface area contributed by atoms with Crippen LogP contribution in [0.5, 0.6) is 0 Å². The summed E-state index contributed by atoms with van der Waals surface area (Å²) in [5.74, 6) is -0.0694. The first-order chi connectivity index (χ1) is 7.15. The van der Waals surface area contributed by atoms with Crippen LogP contribution in [0.15, 0.2) is 16.3 Å². The molecule has 1 aliphatic rings. The molecular formula is C10H13NO2S2. The molecule has 0 bridgehead atoms. The molecule has 5 heteroatoms. The molecule has 1 aliphatic carbocycles. The summed E-state index contributed by atoms with van der Waals surface area (Å²) in [6.45, 7) is 0.734. The molecule has 1 aromatic heterocycles. The first kappa shape index (κ1) is 11.0. The SMILES string of the molecule is O=C(NCC1(CO)CC1)c1cc(S)cs1. The minimum atomic E-state index is -0.0694. The molecule has 0 atom stereocenters. The summed E-state index contributed by atoms with van der Waals surface area (Å²) in [6.07, 6.45) is 2.01. The summed E-state index contributed by atoms with van der Waals surface area (Å²) in [4.78, 5) is 13.1. The molecule has 1 amide bonds. The second-order valence-corrected chi connectivity index (χ2v) is 5.44. The predicted octanol–water partition coefficient (Wildman–Crippen LogP) is 1.54. The van der Waals surface area contributed by atoms with Gasteiger partial charge in [-0.25, -0.2) is 0 Å². The molecule has 2 rings (SSSR count).